The first-order chi connectivity index (χ1) is 12.6. The van der Waals surface area contributed by atoms with Crippen molar-refractivity contribution in [1.29, 1.82) is 5.26 Å². The van der Waals surface area contributed by atoms with Crippen molar-refractivity contribution in [3.8, 4) is 6.07 Å². The van der Waals surface area contributed by atoms with Gasteiger partial charge in [-0.05, 0) is 12.1 Å². The van der Waals surface area contributed by atoms with E-state index in [-0.39, 0.29) is 12.2 Å². The average Bonchev–Trinajstić information content (AvgIpc) is 2.99. The molecule has 1 saturated heterocycles. The van der Waals surface area contributed by atoms with Crippen molar-refractivity contribution in [2.24, 2.45) is 0 Å². The number of amides is 2. The Labute approximate surface area is 147 Å². The summed E-state index contributed by atoms with van der Waals surface area (Å²) in [6.45, 7) is -0.0705. The number of rotatable bonds is 2. The van der Waals surface area contributed by atoms with Crippen LogP contribution < -0.4 is 9.80 Å². The number of aromatic nitrogens is 1. The maximum absolute atomic E-state index is 14.1. The molecular formula is C19H12F2N4O. The van der Waals surface area contributed by atoms with Gasteiger partial charge in [-0.2, -0.15) is 5.26 Å². The number of benzene rings is 2. The Morgan fingerprint density at radius 3 is 2.73 bits per heavy atom. The summed E-state index contributed by atoms with van der Waals surface area (Å²) in [5.41, 5.74) is 0.268. The highest BCUT2D eigenvalue weighted by molar-refractivity contribution is 6.11. The minimum atomic E-state index is -0.849. The van der Waals surface area contributed by atoms with Crippen LogP contribution in [0, 0.1) is 23.0 Å². The topological polar surface area (TPSA) is 60.2 Å². The van der Waals surface area contributed by atoms with E-state index in [0.717, 1.165) is 33.9 Å². The monoisotopic (exact) mass is 350 g/mol. The largest absolute Gasteiger partial charge is 0.330 e. The Morgan fingerprint density at radius 1 is 1.12 bits per heavy atom. The maximum atomic E-state index is 14.1. The van der Waals surface area contributed by atoms with Gasteiger partial charge in [-0.3, -0.25) is 14.8 Å². The van der Waals surface area contributed by atoms with Crippen molar-refractivity contribution < 1.29 is 13.6 Å². The number of pyridine rings is 1. The fraction of sp³-hybridized carbons (Fsp3) is 0.105. The highest BCUT2D eigenvalue weighted by Crippen LogP contribution is 2.34. The van der Waals surface area contributed by atoms with Crippen LogP contribution in [0.4, 0.5) is 25.0 Å². The molecule has 0 spiro atoms. The summed E-state index contributed by atoms with van der Waals surface area (Å²) in [6.07, 6.45) is 3.15. The van der Waals surface area contributed by atoms with E-state index < -0.39 is 23.7 Å². The molecule has 128 valence electrons. The van der Waals surface area contributed by atoms with Crippen LogP contribution in [0.3, 0.4) is 0 Å². The van der Waals surface area contributed by atoms with Crippen molar-refractivity contribution in [3.63, 3.8) is 0 Å². The molecule has 0 bridgehead atoms. The molecular weight excluding hydrogens is 338 g/mol. The first kappa shape index (κ1) is 16.0. The lowest BCUT2D eigenvalue weighted by Gasteiger charge is -2.21. The van der Waals surface area contributed by atoms with Crippen LogP contribution in [0.1, 0.15) is 0 Å². The van der Waals surface area contributed by atoms with Crippen molar-refractivity contribution in [3.05, 3.63) is 66.5 Å². The minimum Gasteiger partial charge on any atom is -0.288 e. The molecule has 26 heavy (non-hydrogen) atoms. The molecule has 7 heteroatoms. The van der Waals surface area contributed by atoms with E-state index in [9.17, 15) is 18.8 Å². The van der Waals surface area contributed by atoms with Crippen LogP contribution >= 0.6 is 0 Å². The van der Waals surface area contributed by atoms with Crippen LogP contribution in [0.25, 0.3) is 10.8 Å². The first-order valence-corrected chi connectivity index (χ1v) is 7.88. The van der Waals surface area contributed by atoms with Crippen molar-refractivity contribution in [2.75, 3.05) is 16.3 Å². The molecule has 1 aromatic heterocycles. The first-order valence-electron chi connectivity index (χ1n) is 7.88. The predicted octanol–water partition coefficient (Wildman–Crippen LogP) is 3.85. The number of hydrogen-bond acceptors (Lipinski definition) is 3. The molecule has 1 atom stereocenters. The van der Waals surface area contributed by atoms with E-state index in [2.05, 4.69) is 11.1 Å². The van der Waals surface area contributed by atoms with Gasteiger partial charge in [0.25, 0.3) is 0 Å². The number of nitrogens with zero attached hydrogens (tertiary/aromatic N) is 4. The second-order valence-electron chi connectivity index (χ2n) is 5.88. The van der Waals surface area contributed by atoms with E-state index in [1.807, 2.05) is 24.3 Å². The molecule has 2 amide bonds. The molecule has 2 aromatic carbocycles. The summed E-state index contributed by atoms with van der Waals surface area (Å²) >= 11 is 0. The third-order valence-electron chi connectivity index (χ3n) is 4.36. The molecule has 1 aliphatic heterocycles. The Morgan fingerprint density at radius 2 is 1.92 bits per heavy atom. The minimum absolute atomic E-state index is 0.0705. The van der Waals surface area contributed by atoms with Crippen LogP contribution in [0.15, 0.2) is 54.9 Å². The van der Waals surface area contributed by atoms with Crippen LogP contribution in [-0.2, 0) is 0 Å². The van der Waals surface area contributed by atoms with Gasteiger partial charge in [-0.25, -0.2) is 13.6 Å². The Kier molecular flexibility index (Phi) is 3.73. The van der Waals surface area contributed by atoms with Crippen molar-refractivity contribution in [1.82, 2.24) is 4.98 Å². The fourth-order valence-electron chi connectivity index (χ4n) is 3.15. The quantitative estimate of drug-likeness (QED) is 0.705. The third kappa shape index (κ3) is 2.43. The van der Waals surface area contributed by atoms with Gasteiger partial charge >= 0.3 is 6.03 Å². The SMILES string of the molecule is N#CC1CN(c2cc(F)ccc2F)C(=O)N1c1cncc2ccccc12. The molecule has 2 heterocycles. The number of carbonyl (C=O) groups excluding carboxylic acids is 1. The van der Waals surface area contributed by atoms with Gasteiger partial charge in [-0.15, -0.1) is 0 Å². The summed E-state index contributed by atoms with van der Waals surface area (Å²) in [5.74, 6) is -1.39. The van der Waals surface area contributed by atoms with Gasteiger partial charge in [-0.1, -0.05) is 24.3 Å². The van der Waals surface area contributed by atoms with Crippen molar-refractivity contribution >= 4 is 28.2 Å². The van der Waals surface area contributed by atoms with E-state index >= 15 is 0 Å². The molecule has 3 aromatic rings. The zero-order valence-corrected chi connectivity index (χ0v) is 13.4. The molecule has 0 aliphatic carbocycles. The lowest BCUT2D eigenvalue weighted by Crippen LogP contribution is -2.35. The normalized spacial score (nSPS) is 17.0. The molecule has 1 aliphatic rings. The van der Waals surface area contributed by atoms with Gasteiger partial charge in [0.05, 0.1) is 30.2 Å². The predicted molar refractivity (Wildman–Crippen MR) is 92.7 cm³/mol. The summed E-state index contributed by atoms with van der Waals surface area (Å²) < 4.78 is 27.7. The number of halogens is 2. The summed E-state index contributed by atoms with van der Waals surface area (Å²) in [5, 5.41) is 11.1. The van der Waals surface area contributed by atoms with Gasteiger partial charge < -0.3 is 0 Å². The highest BCUT2D eigenvalue weighted by atomic mass is 19.1. The summed E-state index contributed by atoms with van der Waals surface area (Å²) in [7, 11) is 0. The summed E-state index contributed by atoms with van der Waals surface area (Å²) in [6, 6.07) is 10.8. The lowest BCUT2D eigenvalue weighted by atomic mass is 10.1. The second-order valence-corrected chi connectivity index (χ2v) is 5.88. The van der Waals surface area contributed by atoms with Crippen molar-refractivity contribution in [2.45, 2.75) is 6.04 Å². The van der Waals surface area contributed by atoms with Crippen LogP contribution in [0.2, 0.25) is 0 Å². The Bertz CT molecular complexity index is 1060. The number of fused-ring (bicyclic) bond motifs is 1. The lowest BCUT2D eigenvalue weighted by molar-refractivity contribution is 0.255. The number of anilines is 2. The zero-order valence-electron chi connectivity index (χ0n) is 13.4. The van der Waals surface area contributed by atoms with Gasteiger partial charge in [0.1, 0.15) is 17.7 Å². The number of urea groups is 1. The van der Waals surface area contributed by atoms with Gasteiger partial charge in [0.15, 0.2) is 0 Å². The van der Waals surface area contributed by atoms with Gasteiger partial charge in [0, 0.05) is 23.0 Å². The summed E-state index contributed by atoms with van der Waals surface area (Å²) in [4.78, 5) is 19.5. The van der Waals surface area contributed by atoms with Crippen LogP contribution in [0.5, 0.6) is 0 Å². The zero-order chi connectivity index (χ0) is 18.3. The molecule has 0 N–H and O–H groups in total. The molecule has 0 radical (unpaired) electrons. The third-order valence-corrected chi connectivity index (χ3v) is 4.36. The maximum Gasteiger partial charge on any atom is 0.330 e. The van der Waals surface area contributed by atoms with Crippen LogP contribution in [-0.4, -0.2) is 23.6 Å². The van der Waals surface area contributed by atoms with E-state index in [1.54, 1.807) is 6.20 Å². The molecule has 5 nitrogen and oxygen atoms in total. The van der Waals surface area contributed by atoms with E-state index in [0.29, 0.717) is 5.69 Å². The number of carbonyl (C=O) groups is 1. The molecule has 1 unspecified atom stereocenters. The molecule has 4 rings (SSSR count). The molecule has 0 saturated carbocycles. The fourth-order valence-corrected chi connectivity index (χ4v) is 3.15. The Balaban J connectivity index is 1.83. The highest BCUT2D eigenvalue weighted by Gasteiger charge is 2.41. The van der Waals surface area contributed by atoms with E-state index in [1.165, 1.54) is 11.1 Å². The standard InChI is InChI=1S/C19H12F2N4O/c20-13-5-6-16(21)17(7-13)24-11-14(8-22)25(19(24)26)18-10-23-9-12-3-1-2-4-15(12)18/h1-7,9-10,14H,11H2. The molecule has 1 fully saturated rings. The number of hydrogen-bond donors (Lipinski definition) is 0. The van der Waals surface area contributed by atoms with Gasteiger partial charge in [0.2, 0.25) is 0 Å². The second kappa shape index (κ2) is 6.08. The van der Waals surface area contributed by atoms with E-state index in [4.69, 9.17) is 0 Å². The Hall–Kier alpha value is -3.53. The average molecular weight is 350 g/mol. The smallest absolute Gasteiger partial charge is 0.288 e. The number of nitriles is 1.